The van der Waals surface area contributed by atoms with Crippen LogP contribution in [0.4, 0.5) is 0 Å². The van der Waals surface area contributed by atoms with Crippen LogP contribution in [0.2, 0.25) is 0 Å². The molecule has 6 heteroatoms. The monoisotopic (exact) mass is 426 g/mol. The number of halogens is 2. The normalized spacial score (nSPS) is 13.4. The molecule has 0 aliphatic carbocycles. The van der Waals surface area contributed by atoms with Gasteiger partial charge in [-0.3, -0.25) is 0 Å². The lowest BCUT2D eigenvalue weighted by Crippen LogP contribution is -2.02. The zero-order valence-corrected chi connectivity index (χ0v) is 14.4. The number of rotatable bonds is 5. The lowest BCUT2D eigenvalue weighted by Gasteiger charge is -2.18. The van der Waals surface area contributed by atoms with Gasteiger partial charge in [-0.25, -0.2) is 9.59 Å². The summed E-state index contributed by atoms with van der Waals surface area (Å²) < 4.78 is 0. The topological polar surface area (TPSA) is 74.6 Å². The highest BCUT2D eigenvalue weighted by atomic mass is 79.9. The number of benzene rings is 2. The summed E-state index contributed by atoms with van der Waals surface area (Å²) in [6, 6.07) is 13.2. The van der Waals surface area contributed by atoms with Gasteiger partial charge in [-0.15, -0.1) is 0 Å². The highest BCUT2D eigenvalue weighted by molar-refractivity contribution is 9.12. The van der Waals surface area contributed by atoms with E-state index in [0.717, 1.165) is 11.1 Å². The van der Waals surface area contributed by atoms with E-state index in [1.165, 1.54) is 0 Å². The summed E-state index contributed by atoms with van der Waals surface area (Å²) in [4.78, 5) is 21.6. The molecule has 0 heterocycles. The molecule has 0 saturated heterocycles. The first-order valence-electron chi connectivity index (χ1n) is 6.35. The Balaban J connectivity index is 2.18. The van der Waals surface area contributed by atoms with Gasteiger partial charge in [-0.1, -0.05) is 56.1 Å². The molecule has 0 aliphatic heterocycles. The zero-order chi connectivity index (χ0) is 16.3. The van der Waals surface area contributed by atoms with Gasteiger partial charge in [0.1, 0.15) is 0 Å². The van der Waals surface area contributed by atoms with E-state index in [9.17, 15) is 9.59 Å². The molecule has 0 fully saturated rings. The average Bonchev–Trinajstić information content (AvgIpc) is 2.53. The predicted octanol–water partition coefficient (Wildman–Crippen LogP) is 4.66. The fourth-order valence-corrected chi connectivity index (χ4v) is 3.18. The Bertz CT molecular complexity index is 619. The Kier molecular flexibility index (Phi) is 5.37. The van der Waals surface area contributed by atoms with Gasteiger partial charge in [0, 0.05) is 0 Å². The summed E-state index contributed by atoms with van der Waals surface area (Å²) in [6.07, 6.45) is 0. The van der Waals surface area contributed by atoms with Crippen LogP contribution >= 0.6 is 31.9 Å². The Labute approximate surface area is 144 Å². The standard InChI is InChI=1S/C16H12Br2O4/c17-13(9-1-5-11(6-2-9)15(19)20)14(18)10-3-7-12(8-4-10)16(21)22/h1-8,13-14H,(H,19,20)(H,21,22). The molecule has 0 amide bonds. The summed E-state index contributed by atoms with van der Waals surface area (Å²) >= 11 is 7.17. The van der Waals surface area contributed by atoms with Crippen molar-refractivity contribution in [3.63, 3.8) is 0 Å². The molecule has 0 saturated carbocycles. The first-order chi connectivity index (χ1) is 10.4. The molecular weight excluding hydrogens is 416 g/mol. The Morgan fingerprint density at radius 1 is 0.682 bits per heavy atom. The van der Waals surface area contributed by atoms with Crippen LogP contribution in [0, 0.1) is 0 Å². The number of carbonyl (C=O) groups is 2. The molecule has 0 radical (unpaired) electrons. The minimum Gasteiger partial charge on any atom is -0.478 e. The maximum Gasteiger partial charge on any atom is 0.335 e. The van der Waals surface area contributed by atoms with Crippen molar-refractivity contribution >= 4 is 43.8 Å². The quantitative estimate of drug-likeness (QED) is 0.680. The molecule has 2 aromatic rings. The molecule has 0 spiro atoms. The predicted molar refractivity (Wildman–Crippen MR) is 90.1 cm³/mol. The smallest absolute Gasteiger partial charge is 0.335 e. The summed E-state index contributed by atoms with van der Waals surface area (Å²) in [5.41, 5.74) is 2.32. The van der Waals surface area contributed by atoms with Crippen LogP contribution in [0.15, 0.2) is 48.5 Å². The van der Waals surface area contributed by atoms with Gasteiger partial charge in [-0.2, -0.15) is 0 Å². The van der Waals surface area contributed by atoms with E-state index in [1.54, 1.807) is 48.5 Å². The van der Waals surface area contributed by atoms with Gasteiger partial charge in [0.2, 0.25) is 0 Å². The molecule has 22 heavy (non-hydrogen) atoms. The number of alkyl halides is 2. The Morgan fingerprint density at radius 3 is 1.18 bits per heavy atom. The van der Waals surface area contributed by atoms with E-state index in [0.29, 0.717) is 0 Å². The molecule has 2 unspecified atom stereocenters. The number of hydrogen-bond acceptors (Lipinski definition) is 2. The third kappa shape index (κ3) is 3.75. The minimum absolute atomic E-state index is 0.0778. The molecule has 4 nitrogen and oxygen atoms in total. The maximum absolute atomic E-state index is 10.9. The largest absolute Gasteiger partial charge is 0.478 e. The second-order valence-corrected chi connectivity index (χ2v) is 6.63. The van der Waals surface area contributed by atoms with Gasteiger partial charge >= 0.3 is 11.9 Å². The van der Waals surface area contributed by atoms with E-state index in [-0.39, 0.29) is 20.8 Å². The van der Waals surface area contributed by atoms with Gasteiger partial charge in [0.05, 0.1) is 20.8 Å². The molecule has 2 aromatic carbocycles. The summed E-state index contributed by atoms with van der Waals surface area (Å²) in [5, 5.41) is 17.8. The molecule has 114 valence electrons. The van der Waals surface area contributed by atoms with Crippen molar-refractivity contribution in [2.75, 3.05) is 0 Å². The number of carboxylic acids is 2. The first-order valence-corrected chi connectivity index (χ1v) is 8.18. The maximum atomic E-state index is 10.9. The SMILES string of the molecule is O=C(O)c1ccc(C(Br)C(Br)c2ccc(C(=O)O)cc2)cc1. The number of aromatic carboxylic acids is 2. The molecular formula is C16H12Br2O4. The number of carboxylic acid groups (broad SMARTS) is 2. The van der Waals surface area contributed by atoms with Crippen molar-refractivity contribution in [3.05, 3.63) is 70.8 Å². The van der Waals surface area contributed by atoms with Gasteiger partial charge in [0.15, 0.2) is 0 Å². The summed E-state index contributed by atoms with van der Waals surface area (Å²) in [5.74, 6) is -1.92. The fraction of sp³-hybridized carbons (Fsp3) is 0.125. The van der Waals surface area contributed by atoms with Crippen molar-refractivity contribution in [1.29, 1.82) is 0 Å². The van der Waals surface area contributed by atoms with Crippen LogP contribution in [0.25, 0.3) is 0 Å². The lowest BCUT2D eigenvalue weighted by atomic mass is 10.0. The van der Waals surface area contributed by atoms with Crippen LogP contribution in [-0.4, -0.2) is 22.2 Å². The van der Waals surface area contributed by atoms with E-state index < -0.39 is 11.9 Å². The van der Waals surface area contributed by atoms with E-state index in [1.807, 2.05) is 0 Å². The van der Waals surface area contributed by atoms with Gasteiger partial charge < -0.3 is 10.2 Å². The summed E-state index contributed by atoms with van der Waals surface area (Å²) in [7, 11) is 0. The molecule has 2 N–H and O–H groups in total. The van der Waals surface area contributed by atoms with E-state index in [4.69, 9.17) is 10.2 Å². The zero-order valence-electron chi connectivity index (χ0n) is 11.2. The van der Waals surface area contributed by atoms with Crippen molar-refractivity contribution in [3.8, 4) is 0 Å². The van der Waals surface area contributed by atoms with E-state index >= 15 is 0 Å². The highest BCUT2D eigenvalue weighted by Gasteiger charge is 2.20. The Morgan fingerprint density at radius 2 is 0.955 bits per heavy atom. The van der Waals surface area contributed by atoms with Crippen LogP contribution in [0.5, 0.6) is 0 Å². The van der Waals surface area contributed by atoms with Crippen molar-refractivity contribution in [2.24, 2.45) is 0 Å². The van der Waals surface area contributed by atoms with Crippen LogP contribution in [0.1, 0.15) is 41.5 Å². The summed E-state index contributed by atoms with van der Waals surface area (Å²) in [6.45, 7) is 0. The lowest BCUT2D eigenvalue weighted by molar-refractivity contribution is 0.0686. The third-order valence-electron chi connectivity index (χ3n) is 3.21. The van der Waals surface area contributed by atoms with Crippen molar-refractivity contribution in [2.45, 2.75) is 9.65 Å². The van der Waals surface area contributed by atoms with Crippen molar-refractivity contribution < 1.29 is 19.8 Å². The molecule has 0 bridgehead atoms. The average molecular weight is 428 g/mol. The molecule has 2 atom stereocenters. The van der Waals surface area contributed by atoms with Crippen LogP contribution in [0.3, 0.4) is 0 Å². The molecule has 0 aliphatic rings. The molecule has 0 aromatic heterocycles. The fourth-order valence-electron chi connectivity index (χ4n) is 1.96. The second kappa shape index (κ2) is 7.07. The third-order valence-corrected chi connectivity index (χ3v) is 6.03. The van der Waals surface area contributed by atoms with E-state index in [2.05, 4.69) is 31.9 Å². The van der Waals surface area contributed by atoms with Gasteiger partial charge in [0.25, 0.3) is 0 Å². The van der Waals surface area contributed by atoms with Gasteiger partial charge in [-0.05, 0) is 35.4 Å². The second-order valence-electron chi connectivity index (χ2n) is 4.66. The molecule has 2 rings (SSSR count). The number of hydrogen-bond donors (Lipinski definition) is 2. The first kappa shape index (κ1) is 16.7. The van der Waals surface area contributed by atoms with Crippen LogP contribution < -0.4 is 0 Å². The highest BCUT2D eigenvalue weighted by Crippen LogP contribution is 2.42. The van der Waals surface area contributed by atoms with Crippen molar-refractivity contribution in [1.82, 2.24) is 0 Å². The minimum atomic E-state index is -0.961. The van der Waals surface area contributed by atoms with Crippen LogP contribution in [-0.2, 0) is 0 Å². The Hall–Kier alpha value is -1.66.